The predicted molar refractivity (Wildman–Crippen MR) is 105 cm³/mol. The monoisotopic (exact) mass is 386 g/mol. The second kappa shape index (κ2) is 7.40. The molecule has 0 amide bonds. The van der Waals surface area contributed by atoms with E-state index in [-0.39, 0.29) is 10.9 Å². The van der Waals surface area contributed by atoms with Crippen molar-refractivity contribution >= 4 is 38.3 Å². The molecule has 26 heavy (non-hydrogen) atoms. The van der Waals surface area contributed by atoms with Crippen LogP contribution in [-0.2, 0) is 16.4 Å². The molecule has 1 heterocycles. The zero-order valence-electron chi connectivity index (χ0n) is 14.4. The third kappa shape index (κ3) is 3.41. The standard InChI is InChI=1S/C18H18N4O2S2/c1-13-11-14-5-3-4-6-17(14)22(13)26(23,24)16-9-7-15(8-10-16)21-18(25-2)20-12-19/h3-10,13H,11H2,1-2H3,(H,20,21). The number of hydrogen-bond acceptors (Lipinski definition) is 5. The molecule has 0 fully saturated rings. The van der Waals surface area contributed by atoms with Gasteiger partial charge in [-0.25, -0.2) is 13.4 Å². The number of para-hydroxylation sites is 1. The molecule has 1 N–H and O–H groups in total. The smallest absolute Gasteiger partial charge is 0.264 e. The summed E-state index contributed by atoms with van der Waals surface area (Å²) in [5.41, 5.74) is 2.35. The lowest BCUT2D eigenvalue weighted by Gasteiger charge is -2.24. The Morgan fingerprint density at radius 3 is 2.62 bits per heavy atom. The molecule has 8 heteroatoms. The fourth-order valence-electron chi connectivity index (χ4n) is 3.00. The number of thioether (sulfide) groups is 1. The molecular formula is C18H18N4O2S2. The number of amidine groups is 1. The quantitative estimate of drug-likeness (QED) is 0.379. The van der Waals surface area contributed by atoms with Crippen LogP contribution in [0.25, 0.3) is 0 Å². The Morgan fingerprint density at radius 1 is 1.27 bits per heavy atom. The fraction of sp³-hybridized carbons (Fsp3) is 0.222. The minimum Gasteiger partial charge on any atom is -0.271 e. The molecule has 2 aromatic carbocycles. The van der Waals surface area contributed by atoms with Gasteiger partial charge in [-0.2, -0.15) is 5.26 Å². The summed E-state index contributed by atoms with van der Waals surface area (Å²) in [6.45, 7) is 1.91. The molecule has 0 saturated heterocycles. The molecule has 1 aliphatic heterocycles. The summed E-state index contributed by atoms with van der Waals surface area (Å²) in [5.74, 6) is 0. The van der Waals surface area contributed by atoms with Gasteiger partial charge in [-0.15, -0.1) is 0 Å². The van der Waals surface area contributed by atoms with Crippen molar-refractivity contribution in [3.63, 3.8) is 0 Å². The van der Waals surface area contributed by atoms with Gasteiger partial charge in [0, 0.05) is 6.04 Å². The van der Waals surface area contributed by atoms with Crippen LogP contribution in [0.5, 0.6) is 0 Å². The maximum atomic E-state index is 13.1. The minimum absolute atomic E-state index is 0.127. The molecular weight excluding hydrogens is 368 g/mol. The maximum absolute atomic E-state index is 13.1. The number of anilines is 1. The number of nitriles is 1. The van der Waals surface area contributed by atoms with E-state index in [0.29, 0.717) is 17.3 Å². The highest BCUT2D eigenvalue weighted by Crippen LogP contribution is 2.36. The lowest BCUT2D eigenvalue weighted by atomic mass is 10.1. The first-order valence-electron chi connectivity index (χ1n) is 7.97. The van der Waals surface area contributed by atoms with Gasteiger partial charge in [0.1, 0.15) is 0 Å². The third-order valence-corrected chi connectivity index (χ3v) is 6.65. The molecule has 3 rings (SSSR count). The molecule has 1 unspecified atom stereocenters. The molecule has 1 atom stereocenters. The Bertz CT molecular complexity index is 979. The molecule has 0 aliphatic carbocycles. The summed E-state index contributed by atoms with van der Waals surface area (Å²) >= 11 is 1.30. The average molecular weight is 387 g/mol. The van der Waals surface area contributed by atoms with Crippen molar-refractivity contribution in [2.45, 2.75) is 24.3 Å². The molecule has 2 aromatic rings. The van der Waals surface area contributed by atoms with Crippen molar-refractivity contribution in [3.05, 3.63) is 54.1 Å². The van der Waals surface area contributed by atoms with Crippen molar-refractivity contribution in [1.82, 2.24) is 5.32 Å². The summed E-state index contributed by atoms with van der Waals surface area (Å²) in [7, 11) is -3.65. The second-order valence-electron chi connectivity index (χ2n) is 5.83. The van der Waals surface area contributed by atoms with E-state index in [1.54, 1.807) is 30.5 Å². The van der Waals surface area contributed by atoms with Gasteiger partial charge in [-0.1, -0.05) is 30.0 Å². The van der Waals surface area contributed by atoms with Crippen LogP contribution in [0.3, 0.4) is 0 Å². The second-order valence-corrected chi connectivity index (χ2v) is 8.44. The Kier molecular flexibility index (Phi) is 5.20. The molecule has 134 valence electrons. The van der Waals surface area contributed by atoms with Crippen LogP contribution in [-0.4, -0.2) is 25.9 Å². The van der Waals surface area contributed by atoms with E-state index >= 15 is 0 Å². The zero-order valence-corrected chi connectivity index (χ0v) is 16.0. The topological polar surface area (TPSA) is 85.6 Å². The van der Waals surface area contributed by atoms with Crippen LogP contribution >= 0.6 is 11.8 Å². The van der Waals surface area contributed by atoms with Gasteiger partial charge in [0.15, 0.2) is 11.4 Å². The first kappa shape index (κ1) is 18.3. The number of benzene rings is 2. The number of sulfonamides is 1. The maximum Gasteiger partial charge on any atom is 0.264 e. The number of hydrogen-bond donors (Lipinski definition) is 1. The Labute approximate surface area is 157 Å². The Morgan fingerprint density at radius 2 is 1.96 bits per heavy atom. The van der Waals surface area contributed by atoms with Gasteiger partial charge in [-0.3, -0.25) is 9.62 Å². The lowest BCUT2D eigenvalue weighted by molar-refractivity contribution is 0.584. The lowest BCUT2D eigenvalue weighted by Crippen LogP contribution is -2.35. The van der Waals surface area contributed by atoms with Gasteiger partial charge >= 0.3 is 0 Å². The Hall–Kier alpha value is -2.50. The highest BCUT2D eigenvalue weighted by Gasteiger charge is 2.35. The van der Waals surface area contributed by atoms with E-state index in [9.17, 15) is 8.42 Å². The van der Waals surface area contributed by atoms with Gasteiger partial charge < -0.3 is 0 Å². The largest absolute Gasteiger partial charge is 0.271 e. The number of nitrogens with one attached hydrogen (secondary N) is 1. The van der Waals surface area contributed by atoms with E-state index in [1.165, 1.54) is 16.1 Å². The summed E-state index contributed by atoms with van der Waals surface area (Å²) in [6, 6.07) is 13.8. The van der Waals surface area contributed by atoms with E-state index in [0.717, 1.165) is 11.3 Å². The number of nitrogens with zero attached hydrogens (tertiary/aromatic N) is 3. The molecule has 0 aromatic heterocycles. The first-order chi connectivity index (χ1) is 12.5. The van der Waals surface area contributed by atoms with Crippen LogP contribution in [0.2, 0.25) is 0 Å². The Balaban J connectivity index is 1.93. The average Bonchev–Trinajstić information content (AvgIpc) is 2.98. The summed E-state index contributed by atoms with van der Waals surface area (Å²) < 4.78 is 27.8. The van der Waals surface area contributed by atoms with Gasteiger partial charge in [0.2, 0.25) is 0 Å². The predicted octanol–water partition coefficient (Wildman–Crippen LogP) is 3.25. The van der Waals surface area contributed by atoms with E-state index in [4.69, 9.17) is 5.26 Å². The summed E-state index contributed by atoms with van der Waals surface area (Å²) in [4.78, 5) is 4.50. The summed E-state index contributed by atoms with van der Waals surface area (Å²) in [6.07, 6.45) is 4.32. The van der Waals surface area contributed by atoms with Gasteiger partial charge in [-0.05, 0) is 55.5 Å². The highest BCUT2D eigenvalue weighted by molar-refractivity contribution is 8.13. The van der Waals surface area contributed by atoms with Crippen molar-refractivity contribution in [2.75, 3.05) is 10.6 Å². The van der Waals surface area contributed by atoms with Crippen LogP contribution < -0.4 is 9.62 Å². The van der Waals surface area contributed by atoms with E-state index < -0.39 is 10.0 Å². The normalized spacial score (nSPS) is 16.9. The third-order valence-electron chi connectivity index (χ3n) is 4.13. The summed E-state index contributed by atoms with van der Waals surface area (Å²) in [5, 5.41) is 11.6. The zero-order chi connectivity index (χ0) is 18.7. The van der Waals surface area contributed by atoms with Crippen molar-refractivity contribution in [1.29, 1.82) is 5.26 Å². The highest BCUT2D eigenvalue weighted by atomic mass is 32.2. The molecule has 0 spiro atoms. The molecule has 0 radical (unpaired) electrons. The van der Waals surface area contributed by atoms with E-state index in [1.807, 2.05) is 37.4 Å². The number of aliphatic imine (C=N–C) groups is 1. The SMILES string of the molecule is CSC(=Nc1ccc(S(=O)(=O)N2c3ccccc3CC2C)cc1)NC#N. The van der Waals surface area contributed by atoms with Crippen LogP contribution in [0.4, 0.5) is 11.4 Å². The van der Waals surface area contributed by atoms with Crippen LogP contribution in [0.15, 0.2) is 58.4 Å². The first-order valence-corrected chi connectivity index (χ1v) is 10.6. The van der Waals surface area contributed by atoms with Crippen LogP contribution in [0.1, 0.15) is 12.5 Å². The van der Waals surface area contributed by atoms with Gasteiger partial charge in [0.05, 0.1) is 16.3 Å². The van der Waals surface area contributed by atoms with Crippen molar-refractivity contribution < 1.29 is 8.42 Å². The van der Waals surface area contributed by atoms with Crippen molar-refractivity contribution in [2.24, 2.45) is 4.99 Å². The number of fused-ring (bicyclic) bond motifs is 1. The fourth-order valence-corrected chi connectivity index (χ4v) is 5.04. The molecule has 6 nitrogen and oxygen atoms in total. The van der Waals surface area contributed by atoms with Crippen LogP contribution in [0, 0.1) is 11.5 Å². The minimum atomic E-state index is -3.65. The van der Waals surface area contributed by atoms with Crippen molar-refractivity contribution in [3.8, 4) is 6.19 Å². The van der Waals surface area contributed by atoms with E-state index in [2.05, 4.69) is 10.3 Å². The molecule has 0 bridgehead atoms. The molecule has 1 aliphatic rings. The molecule has 0 saturated carbocycles. The van der Waals surface area contributed by atoms with Gasteiger partial charge in [0.25, 0.3) is 10.0 Å². The number of rotatable bonds is 3.